The monoisotopic (exact) mass is 252 g/mol. The largest absolute Gasteiger partial charge is 0.498 e. The van der Waals surface area contributed by atoms with Crippen LogP contribution in [0.5, 0.6) is 0 Å². The Morgan fingerprint density at radius 3 is 2.89 bits per heavy atom. The van der Waals surface area contributed by atoms with Gasteiger partial charge in [0.1, 0.15) is 0 Å². The molecule has 0 unspecified atom stereocenters. The Hall–Kier alpha value is -1.36. The standard InChI is InChI=1S/C13H20N2O3/c1-13(7-2-9-14-13)8-10-18-12-5-3-11(4-6-12)15(16)17/h3,5,14H,2,4,6-10H2,1H3/t13-/m0/s1. The van der Waals surface area contributed by atoms with Gasteiger partial charge in [0.25, 0.3) is 0 Å². The van der Waals surface area contributed by atoms with Crippen LogP contribution in [0.1, 0.15) is 39.0 Å². The molecule has 0 radical (unpaired) electrons. The van der Waals surface area contributed by atoms with Gasteiger partial charge >= 0.3 is 0 Å². The number of nitrogens with zero attached hydrogens (tertiary/aromatic N) is 1. The van der Waals surface area contributed by atoms with E-state index in [1.807, 2.05) is 0 Å². The average Bonchev–Trinajstić information content (AvgIpc) is 2.77. The number of hydrogen-bond donors (Lipinski definition) is 1. The van der Waals surface area contributed by atoms with Crippen molar-refractivity contribution in [1.29, 1.82) is 0 Å². The summed E-state index contributed by atoms with van der Waals surface area (Å²) in [7, 11) is 0. The second kappa shape index (κ2) is 5.52. The molecule has 1 saturated heterocycles. The molecule has 0 amide bonds. The molecule has 0 bridgehead atoms. The minimum absolute atomic E-state index is 0.205. The first kappa shape index (κ1) is 13.1. The van der Waals surface area contributed by atoms with E-state index in [0.717, 1.165) is 18.7 Å². The van der Waals surface area contributed by atoms with Crippen molar-refractivity contribution < 1.29 is 9.66 Å². The van der Waals surface area contributed by atoms with E-state index in [4.69, 9.17) is 4.74 Å². The van der Waals surface area contributed by atoms with Gasteiger partial charge in [0.05, 0.1) is 17.3 Å². The Kier molecular flexibility index (Phi) is 4.01. The highest BCUT2D eigenvalue weighted by atomic mass is 16.6. The van der Waals surface area contributed by atoms with Crippen LogP contribution in [0.25, 0.3) is 0 Å². The lowest BCUT2D eigenvalue weighted by Crippen LogP contribution is -2.37. The molecule has 1 aliphatic carbocycles. The molecule has 0 aromatic carbocycles. The second-order valence-electron chi connectivity index (χ2n) is 5.24. The Morgan fingerprint density at radius 2 is 2.33 bits per heavy atom. The van der Waals surface area contributed by atoms with Gasteiger partial charge in [-0.3, -0.25) is 10.1 Å². The van der Waals surface area contributed by atoms with Crippen molar-refractivity contribution in [2.24, 2.45) is 0 Å². The molecular weight excluding hydrogens is 232 g/mol. The average molecular weight is 252 g/mol. The van der Waals surface area contributed by atoms with Gasteiger partial charge in [-0.05, 0) is 38.8 Å². The minimum Gasteiger partial charge on any atom is -0.498 e. The fourth-order valence-electron chi connectivity index (χ4n) is 2.46. The molecule has 1 atom stereocenters. The Morgan fingerprint density at radius 1 is 1.50 bits per heavy atom. The Bertz CT molecular complexity index is 382. The summed E-state index contributed by atoms with van der Waals surface area (Å²) >= 11 is 0. The third-order valence-corrected chi connectivity index (χ3v) is 3.72. The quantitative estimate of drug-likeness (QED) is 0.602. The maximum Gasteiger partial charge on any atom is 0.246 e. The van der Waals surface area contributed by atoms with Crippen LogP contribution in [0, 0.1) is 10.1 Å². The summed E-state index contributed by atoms with van der Waals surface area (Å²) in [5.74, 6) is 0.863. The summed E-state index contributed by atoms with van der Waals surface area (Å²) in [6.45, 7) is 3.99. The van der Waals surface area contributed by atoms with E-state index >= 15 is 0 Å². The summed E-state index contributed by atoms with van der Waals surface area (Å²) in [6.07, 6.45) is 7.79. The number of nitrogens with one attached hydrogen (secondary N) is 1. The zero-order valence-electron chi connectivity index (χ0n) is 10.8. The van der Waals surface area contributed by atoms with Crippen LogP contribution in [0.2, 0.25) is 0 Å². The van der Waals surface area contributed by atoms with Gasteiger partial charge in [-0.15, -0.1) is 0 Å². The van der Waals surface area contributed by atoms with Gasteiger partial charge in [0.2, 0.25) is 5.70 Å². The molecule has 1 heterocycles. The lowest BCUT2D eigenvalue weighted by atomic mass is 9.97. The van der Waals surface area contributed by atoms with Crippen molar-refractivity contribution in [3.8, 4) is 0 Å². The maximum absolute atomic E-state index is 10.6. The van der Waals surface area contributed by atoms with E-state index in [0.29, 0.717) is 19.4 Å². The van der Waals surface area contributed by atoms with Crippen molar-refractivity contribution in [2.75, 3.05) is 13.2 Å². The van der Waals surface area contributed by atoms with Crippen molar-refractivity contribution in [2.45, 2.75) is 44.6 Å². The molecule has 0 saturated carbocycles. The minimum atomic E-state index is -0.323. The van der Waals surface area contributed by atoms with E-state index in [1.54, 1.807) is 12.2 Å². The third kappa shape index (κ3) is 3.32. The van der Waals surface area contributed by atoms with E-state index in [2.05, 4.69) is 12.2 Å². The molecule has 2 rings (SSSR count). The summed E-state index contributed by atoms with van der Waals surface area (Å²) in [6, 6.07) is 0. The normalized spacial score (nSPS) is 27.6. The highest BCUT2D eigenvalue weighted by molar-refractivity contribution is 5.16. The molecule has 1 N–H and O–H groups in total. The molecule has 0 aromatic heterocycles. The Labute approximate surface area is 107 Å². The van der Waals surface area contributed by atoms with Gasteiger partial charge in [-0.25, -0.2) is 0 Å². The van der Waals surface area contributed by atoms with E-state index in [-0.39, 0.29) is 16.2 Å². The molecule has 0 aromatic rings. The van der Waals surface area contributed by atoms with Gasteiger partial charge < -0.3 is 10.1 Å². The highest BCUT2D eigenvalue weighted by Gasteiger charge is 2.27. The van der Waals surface area contributed by atoms with E-state index < -0.39 is 0 Å². The zero-order valence-corrected chi connectivity index (χ0v) is 10.8. The number of nitro groups is 1. The first-order chi connectivity index (χ1) is 8.59. The van der Waals surface area contributed by atoms with Crippen molar-refractivity contribution in [3.63, 3.8) is 0 Å². The summed E-state index contributed by atoms with van der Waals surface area (Å²) in [5.41, 5.74) is 0.476. The smallest absolute Gasteiger partial charge is 0.246 e. The number of allylic oxidation sites excluding steroid dienone is 4. The first-order valence-corrected chi connectivity index (χ1v) is 6.51. The van der Waals surface area contributed by atoms with Crippen LogP contribution in [0.15, 0.2) is 23.6 Å². The van der Waals surface area contributed by atoms with Crippen molar-refractivity contribution >= 4 is 0 Å². The predicted octanol–water partition coefficient (Wildman–Crippen LogP) is 2.37. The molecule has 1 fully saturated rings. The van der Waals surface area contributed by atoms with Crippen LogP contribution in [-0.4, -0.2) is 23.6 Å². The lowest BCUT2D eigenvalue weighted by Gasteiger charge is -2.24. The molecule has 18 heavy (non-hydrogen) atoms. The van der Waals surface area contributed by atoms with Gasteiger partial charge in [-0.2, -0.15) is 0 Å². The van der Waals surface area contributed by atoms with Crippen LogP contribution in [0.4, 0.5) is 0 Å². The van der Waals surface area contributed by atoms with Gasteiger partial charge in [-0.1, -0.05) is 0 Å². The molecule has 5 heteroatoms. The second-order valence-corrected chi connectivity index (χ2v) is 5.24. The van der Waals surface area contributed by atoms with Gasteiger partial charge in [0.15, 0.2) is 0 Å². The van der Waals surface area contributed by atoms with E-state index in [1.165, 1.54) is 12.8 Å². The third-order valence-electron chi connectivity index (χ3n) is 3.72. The predicted molar refractivity (Wildman–Crippen MR) is 68.6 cm³/mol. The summed E-state index contributed by atoms with van der Waals surface area (Å²) in [4.78, 5) is 10.2. The number of hydrogen-bond acceptors (Lipinski definition) is 4. The zero-order chi connectivity index (χ0) is 13.0. The van der Waals surface area contributed by atoms with Crippen molar-refractivity contribution in [3.05, 3.63) is 33.7 Å². The lowest BCUT2D eigenvalue weighted by molar-refractivity contribution is -0.428. The fourth-order valence-corrected chi connectivity index (χ4v) is 2.46. The molecule has 1 aliphatic heterocycles. The SMILES string of the molecule is C[C@@]1(CCOC2=CC=C([N+](=O)[O-])CC2)CCCN1. The van der Waals surface area contributed by atoms with Crippen LogP contribution < -0.4 is 5.32 Å². The maximum atomic E-state index is 10.6. The number of ether oxygens (including phenoxy) is 1. The fraction of sp³-hybridized carbons (Fsp3) is 0.692. The first-order valence-electron chi connectivity index (χ1n) is 6.51. The van der Waals surface area contributed by atoms with Crippen LogP contribution >= 0.6 is 0 Å². The molecule has 2 aliphatic rings. The Balaban J connectivity index is 1.76. The summed E-state index contributed by atoms with van der Waals surface area (Å²) in [5, 5.41) is 14.0. The van der Waals surface area contributed by atoms with E-state index in [9.17, 15) is 10.1 Å². The van der Waals surface area contributed by atoms with Gasteiger partial charge in [0, 0.05) is 24.5 Å². The van der Waals surface area contributed by atoms with Crippen LogP contribution in [-0.2, 0) is 4.74 Å². The molecular formula is C13H20N2O3. The summed E-state index contributed by atoms with van der Waals surface area (Å²) < 4.78 is 5.69. The molecule has 5 nitrogen and oxygen atoms in total. The molecule has 0 spiro atoms. The number of rotatable bonds is 5. The topological polar surface area (TPSA) is 64.4 Å². The highest BCUT2D eigenvalue weighted by Crippen LogP contribution is 2.24. The van der Waals surface area contributed by atoms with Crippen LogP contribution in [0.3, 0.4) is 0 Å². The molecule has 100 valence electrons. The van der Waals surface area contributed by atoms with Crippen molar-refractivity contribution in [1.82, 2.24) is 5.32 Å².